The number of ether oxygens (including phenoxy) is 3. The van der Waals surface area contributed by atoms with Gasteiger partial charge in [-0.3, -0.25) is 0 Å². The highest BCUT2D eigenvalue weighted by atomic mass is 16.8. The Morgan fingerprint density at radius 1 is 0.521 bits per heavy atom. The van der Waals surface area contributed by atoms with Gasteiger partial charge in [-0.05, 0) is 91.1 Å². The standard InChI is InChI=1S/C44H79NO3/c1-5-7-9-11-13-15-17-19-21-23-25-27-29-31-33-35-37-44(47-42-40-46-41(39-45(3)4)43(42)48-44)38-36-34-32-30-28-26-24-22-20-18-16-14-12-10-8-6-2/h13-16,19-22,41-43H,5-12,17-18,23-40H2,1-4H3/b15-13-,16-14-,21-19-,22-20-/t41?,42-,43+/m0/s1. The van der Waals surface area contributed by atoms with Crippen LogP contribution in [0.15, 0.2) is 48.6 Å². The zero-order valence-electron chi connectivity index (χ0n) is 32.3. The summed E-state index contributed by atoms with van der Waals surface area (Å²) in [6, 6.07) is 0. The number of likely N-dealkylation sites (N-methyl/N-ethyl adjacent to an activating group) is 1. The van der Waals surface area contributed by atoms with E-state index in [1.165, 1.54) is 141 Å². The number of fused-ring (bicyclic) bond motifs is 1. The van der Waals surface area contributed by atoms with Crippen molar-refractivity contribution in [2.45, 2.75) is 205 Å². The van der Waals surface area contributed by atoms with Crippen molar-refractivity contribution in [3.8, 4) is 0 Å². The van der Waals surface area contributed by atoms with Crippen molar-refractivity contribution in [2.24, 2.45) is 0 Å². The lowest BCUT2D eigenvalue weighted by Gasteiger charge is -2.31. The van der Waals surface area contributed by atoms with E-state index in [1.807, 2.05) is 0 Å². The molecule has 2 saturated heterocycles. The topological polar surface area (TPSA) is 30.9 Å². The fourth-order valence-corrected chi connectivity index (χ4v) is 7.09. The molecule has 0 radical (unpaired) electrons. The molecule has 2 fully saturated rings. The molecule has 0 aromatic heterocycles. The highest BCUT2D eigenvalue weighted by Crippen LogP contribution is 2.42. The van der Waals surface area contributed by atoms with Crippen LogP contribution in [0.1, 0.15) is 181 Å². The summed E-state index contributed by atoms with van der Waals surface area (Å²) in [6.07, 6.45) is 51.9. The minimum absolute atomic E-state index is 0.0848. The van der Waals surface area contributed by atoms with Gasteiger partial charge in [0.25, 0.3) is 0 Å². The minimum Gasteiger partial charge on any atom is -0.371 e. The third-order valence-electron chi connectivity index (χ3n) is 9.99. The fourth-order valence-electron chi connectivity index (χ4n) is 7.09. The van der Waals surface area contributed by atoms with Gasteiger partial charge >= 0.3 is 0 Å². The summed E-state index contributed by atoms with van der Waals surface area (Å²) >= 11 is 0. The van der Waals surface area contributed by atoms with E-state index < -0.39 is 5.79 Å². The van der Waals surface area contributed by atoms with Crippen LogP contribution in [0, 0.1) is 0 Å². The smallest absolute Gasteiger partial charge is 0.169 e. The zero-order chi connectivity index (χ0) is 34.4. The van der Waals surface area contributed by atoms with Gasteiger partial charge in [0.2, 0.25) is 0 Å². The van der Waals surface area contributed by atoms with Crippen molar-refractivity contribution in [3.05, 3.63) is 48.6 Å². The lowest BCUT2D eigenvalue weighted by Crippen LogP contribution is -2.38. The van der Waals surface area contributed by atoms with E-state index >= 15 is 0 Å². The molecule has 4 heteroatoms. The van der Waals surface area contributed by atoms with Gasteiger partial charge < -0.3 is 19.1 Å². The summed E-state index contributed by atoms with van der Waals surface area (Å²) in [5.74, 6) is -0.395. The molecule has 2 aliphatic rings. The number of allylic oxidation sites excluding steroid dienone is 8. The van der Waals surface area contributed by atoms with Gasteiger partial charge in [-0.25, -0.2) is 0 Å². The van der Waals surface area contributed by atoms with E-state index in [9.17, 15) is 0 Å². The van der Waals surface area contributed by atoms with Gasteiger partial charge in [-0.1, -0.05) is 140 Å². The predicted octanol–water partition coefficient (Wildman–Crippen LogP) is 12.8. The Kier molecular flexibility index (Phi) is 26.4. The summed E-state index contributed by atoms with van der Waals surface area (Å²) in [5.41, 5.74) is 0. The first-order chi connectivity index (χ1) is 23.6. The van der Waals surface area contributed by atoms with Crippen LogP contribution in [0.3, 0.4) is 0 Å². The molecule has 48 heavy (non-hydrogen) atoms. The maximum absolute atomic E-state index is 6.84. The third-order valence-corrected chi connectivity index (χ3v) is 9.99. The van der Waals surface area contributed by atoms with Crippen LogP contribution in [0.2, 0.25) is 0 Å². The SMILES string of the molecule is CCCCC/C=C\C/C=C\CCCCCCCCC1(CCCCCCCC/C=C\C/C=C\CCCCC)O[C@H]2COC(CN(C)C)[C@H]2O1. The maximum atomic E-state index is 6.84. The summed E-state index contributed by atoms with van der Waals surface area (Å²) in [6.45, 7) is 6.11. The molecule has 0 saturated carbocycles. The Hall–Kier alpha value is -1.20. The summed E-state index contributed by atoms with van der Waals surface area (Å²) in [4.78, 5) is 2.21. The van der Waals surface area contributed by atoms with E-state index in [0.29, 0.717) is 6.61 Å². The number of nitrogens with zero attached hydrogens (tertiary/aromatic N) is 1. The second kappa shape index (κ2) is 29.5. The maximum Gasteiger partial charge on any atom is 0.169 e. The largest absolute Gasteiger partial charge is 0.371 e. The number of rotatable bonds is 32. The molecule has 0 spiro atoms. The highest BCUT2D eigenvalue weighted by molar-refractivity contribution is 4.96. The number of hydrogen-bond acceptors (Lipinski definition) is 4. The van der Waals surface area contributed by atoms with Gasteiger partial charge in [0.1, 0.15) is 12.2 Å². The zero-order valence-corrected chi connectivity index (χ0v) is 32.3. The Balaban J connectivity index is 1.59. The van der Waals surface area contributed by atoms with Crippen molar-refractivity contribution < 1.29 is 14.2 Å². The Bertz CT molecular complexity index is 798. The Morgan fingerprint density at radius 3 is 1.38 bits per heavy atom. The minimum atomic E-state index is -0.395. The predicted molar refractivity (Wildman–Crippen MR) is 209 cm³/mol. The van der Waals surface area contributed by atoms with E-state index in [2.05, 4.69) is 81.5 Å². The monoisotopic (exact) mass is 670 g/mol. The van der Waals surface area contributed by atoms with Crippen LogP contribution in [0.25, 0.3) is 0 Å². The first-order valence-corrected chi connectivity index (χ1v) is 20.8. The van der Waals surface area contributed by atoms with E-state index in [1.54, 1.807) is 0 Å². The number of hydrogen-bond donors (Lipinski definition) is 0. The van der Waals surface area contributed by atoms with Gasteiger partial charge in [0.15, 0.2) is 5.79 Å². The van der Waals surface area contributed by atoms with E-state index in [0.717, 1.165) is 32.2 Å². The quantitative estimate of drug-likeness (QED) is 0.0527. The van der Waals surface area contributed by atoms with Crippen LogP contribution in [0.4, 0.5) is 0 Å². The normalized spacial score (nSPS) is 21.0. The lowest BCUT2D eigenvalue weighted by molar-refractivity contribution is -0.209. The molecule has 0 bridgehead atoms. The van der Waals surface area contributed by atoms with E-state index in [4.69, 9.17) is 14.2 Å². The third kappa shape index (κ3) is 21.1. The molecule has 0 aromatic carbocycles. The molecule has 2 heterocycles. The second-order valence-corrected chi connectivity index (χ2v) is 15.0. The first-order valence-electron chi connectivity index (χ1n) is 20.8. The molecule has 3 atom stereocenters. The molecule has 2 aliphatic heterocycles. The Morgan fingerprint density at radius 2 is 0.938 bits per heavy atom. The average Bonchev–Trinajstić information content (AvgIpc) is 3.62. The van der Waals surface area contributed by atoms with Crippen molar-refractivity contribution in [1.82, 2.24) is 4.90 Å². The lowest BCUT2D eigenvalue weighted by atomic mass is 9.98. The molecule has 278 valence electrons. The number of unbranched alkanes of at least 4 members (excludes halogenated alkanes) is 18. The molecule has 2 rings (SSSR count). The second-order valence-electron chi connectivity index (χ2n) is 15.0. The summed E-state index contributed by atoms with van der Waals surface area (Å²) in [5, 5.41) is 0. The molecule has 4 nitrogen and oxygen atoms in total. The van der Waals surface area contributed by atoms with Gasteiger partial charge in [0, 0.05) is 19.4 Å². The molecule has 0 amide bonds. The van der Waals surface area contributed by atoms with Crippen molar-refractivity contribution in [3.63, 3.8) is 0 Å². The Labute approximate surface area is 299 Å². The van der Waals surface area contributed by atoms with Crippen LogP contribution < -0.4 is 0 Å². The molecular formula is C44H79NO3. The van der Waals surface area contributed by atoms with Crippen LogP contribution in [0.5, 0.6) is 0 Å². The molecular weight excluding hydrogens is 590 g/mol. The van der Waals surface area contributed by atoms with E-state index in [-0.39, 0.29) is 18.3 Å². The van der Waals surface area contributed by atoms with Gasteiger partial charge in [0.05, 0.1) is 12.7 Å². The summed E-state index contributed by atoms with van der Waals surface area (Å²) < 4.78 is 19.7. The molecule has 0 N–H and O–H groups in total. The van der Waals surface area contributed by atoms with Gasteiger partial charge in [-0.2, -0.15) is 0 Å². The molecule has 0 aliphatic carbocycles. The van der Waals surface area contributed by atoms with Crippen molar-refractivity contribution in [1.29, 1.82) is 0 Å². The highest BCUT2D eigenvalue weighted by Gasteiger charge is 2.53. The van der Waals surface area contributed by atoms with Crippen LogP contribution in [-0.2, 0) is 14.2 Å². The average molecular weight is 670 g/mol. The first kappa shape index (κ1) is 43.0. The summed E-state index contributed by atoms with van der Waals surface area (Å²) in [7, 11) is 4.24. The van der Waals surface area contributed by atoms with Gasteiger partial charge in [-0.15, -0.1) is 0 Å². The fraction of sp³-hybridized carbons (Fsp3) is 0.818. The van der Waals surface area contributed by atoms with Crippen molar-refractivity contribution >= 4 is 0 Å². The van der Waals surface area contributed by atoms with Crippen LogP contribution in [-0.4, -0.2) is 56.2 Å². The van der Waals surface area contributed by atoms with Crippen LogP contribution >= 0.6 is 0 Å². The molecule has 1 unspecified atom stereocenters. The molecule has 0 aromatic rings. The van der Waals surface area contributed by atoms with Crippen molar-refractivity contribution in [2.75, 3.05) is 27.2 Å².